The molecule has 2 unspecified atom stereocenters. The zero-order valence-electron chi connectivity index (χ0n) is 16.1. The molecular weight excluding hydrogens is 352 g/mol. The van der Waals surface area contributed by atoms with E-state index in [1.54, 1.807) is 0 Å². The van der Waals surface area contributed by atoms with Crippen molar-refractivity contribution < 1.29 is 0 Å². The molecule has 27 heavy (non-hydrogen) atoms. The summed E-state index contributed by atoms with van der Waals surface area (Å²) in [6, 6.07) is 11.2. The zero-order valence-corrected chi connectivity index (χ0v) is 16.9. The van der Waals surface area contributed by atoms with E-state index in [1.165, 1.54) is 53.5 Å². The molecule has 0 amide bonds. The second-order valence-corrected chi connectivity index (χ2v) is 8.78. The van der Waals surface area contributed by atoms with Gasteiger partial charge in [0.1, 0.15) is 6.04 Å². The van der Waals surface area contributed by atoms with E-state index in [-0.39, 0.29) is 12.1 Å². The van der Waals surface area contributed by atoms with Gasteiger partial charge in [-0.2, -0.15) is 0 Å². The molecule has 0 saturated carbocycles. The van der Waals surface area contributed by atoms with Gasteiger partial charge in [0.15, 0.2) is 5.17 Å². The highest BCUT2D eigenvalue weighted by Crippen LogP contribution is 2.47. The standard InChI is InChI=1S/C22H26N4S/c1-15-16(2)19(25-11-5-6-12-25)9-8-17(15)21-20(18-7-3-4-10-23-18)24-22-26(21)13-14-27-22/h3-4,7-10,20-21H,5-6,11-14H2,1-2H3. The predicted molar refractivity (Wildman–Crippen MR) is 114 cm³/mol. The van der Waals surface area contributed by atoms with Crippen LogP contribution in [-0.2, 0) is 0 Å². The third-order valence-electron chi connectivity index (χ3n) is 6.25. The first-order chi connectivity index (χ1) is 13.2. The molecule has 140 valence electrons. The number of anilines is 1. The average molecular weight is 379 g/mol. The van der Waals surface area contributed by atoms with Crippen molar-refractivity contribution in [3.8, 4) is 0 Å². The first-order valence-corrected chi connectivity index (χ1v) is 11.0. The molecule has 0 radical (unpaired) electrons. The predicted octanol–water partition coefficient (Wildman–Crippen LogP) is 4.50. The van der Waals surface area contributed by atoms with Crippen molar-refractivity contribution >= 4 is 22.6 Å². The molecule has 0 spiro atoms. The van der Waals surface area contributed by atoms with Gasteiger partial charge in [-0.15, -0.1) is 0 Å². The van der Waals surface area contributed by atoms with Gasteiger partial charge in [0.25, 0.3) is 0 Å². The summed E-state index contributed by atoms with van der Waals surface area (Å²) in [5.74, 6) is 1.13. The first kappa shape index (κ1) is 17.1. The third kappa shape index (κ3) is 2.83. The molecule has 0 N–H and O–H groups in total. The van der Waals surface area contributed by atoms with Gasteiger partial charge in [-0.05, 0) is 61.6 Å². The van der Waals surface area contributed by atoms with Gasteiger partial charge in [-0.3, -0.25) is 9.98 Å². The number of aliphatic imine (C=N–C) groups is 1. The zero-order chi connectivity index (χ0) is 18.4. The van der Waals surface area contributed by atoms with Gasteiger partial charge in [-0.25, -0.2) is 0 Å². The summed E-state index contributed by atoms with van der Waals surface area (Å²) in [6.07, 6.45) is 4.51. The molecule has 2 fully saturated rings. The summed E-state index contributed by atoms with van der Waals surface area (Å²) < 4.78 is 0. The van der Waals surface area contributed by atoms with Crippen molar-refractivity contribution in [1.29, 1.82) is 0 Å². The number of nitrogens with zero attached hydrogens (tertiary/aromatic N) is 4. The van der Waals surface area contributed by atoms with Crippen LogP contribution in [0, 0.1) is 13.8 Å². The number of pyridine rings is 1. The van der Waals surface area contributed by atoms with Crippen LogP contribution in [0.2, 0.25) is 0 Å². The Morgan fingerprint density at radius 2 is 1.85 bits per heavy atom. The lowest BCUT2D eigenvalue weighted by atomic mass is 9.90. The van der Waals surface area contributed by atoms with Gasteiger partial charge in [-0.1, -0.05) is 23.9 Å². The number of fused-ring (bicyclic) bond motifs is 1. The topological polar surface area (TPSA) is 31.7 Å². The van der Waals surface area contributed by atoms with E-state index >= 15 is 0 Å². The summed E-state index contributed by atoms with van der Waals surface area (Å²) in [5, 5.41) is 1.19. The molecule has 5 rings (SSSR count). The van der Waals surface area contributed by atoms with E-state index in [1.807, 2.05) is 24.0 Å². The highest BCUT2D eigenvalue weighted by Gasteiger charge is 2.42. The number of amidine groups is 1. The van der Waals surface area contributed by atoms with Crippen LogP contribution >= 0.6 is 11.8 Å². The quantitative estimate of drug-likeness (QED) is 0.787. The lowest BCUT2D eigenvalue weighted by molar-refractivity contribution is 0.331. The number of benzene rings is 1. The summed E-state index contributed by atoms with van der Waals surface area (Å²) in [4.78, 5) is 14.8. The maximum atomic E-state index is 5.08. The Hall–Kier alpha value is -2.01. The number of thioether (sulfide) groups is 1. The molecule has 2 saturated heterocycles. The molecule has 3 aliphatic heterocycles. The van der Waals surface area contributed by atoms with Crippen molar-refractivity contribution in [3.63, 3.8) is 0 Å². The van der Waals surface area contributed by atoms with Crippen LogP contribution in [0.15, 0.2) is 41.5 Å². The fourth-order valence-corrected chi connectivity index (χ4v) is 5.74. The summed E-state index contributed by atoms with van der Waals surface area (Å²) in [5.41, 5.74) is 6.74. The average Bonchev–Trinajstić information content (AvgIpc) is 3.42. The maximum Gasteiger partial charge on any atom is 0.160 e. The number of hydrogen-bond donors (Lipinski definition) is 0. The van der Waals surface area contributed by atoms with E-state index in [9.17, 15) is 0 Å². The number of aromatic nitrogens is 1. The van der Waals surface area contributed by atoms with Crippen LogP contribution in [0.4, 0.5) is 5.69 Å². The maximum absolute atomic E-state index is 5.08. The Labute approximate surface area is 165 Å². The summed E-state index contributed by atoms with van der Waals surface area (Å²) in [7, 11) is 0. The Kier molecular flexibility index (Phi) is 4.35. The van der Waals surface area contributed by atoms with E-state index in [2.05, 4.69) is 52.9 Å². The van der Waals surface area contributed by atoms with Crippen LogP contribution in [0.3, 0.4) is 0 Å². The van der Waals surface area contributed by atoms with Gasteiger partial charge >= 0.3 is 0 Å². The lowest BCUT2D eigenvalue weighted by Gasteiger charge is -2.30. The molecule has 1 aromatic heterocycles. The highest BCUT2D eigenvalue weighted by atomic mass is 32.2. The molecule has 0 aliphatic carbocycles. The van der Waals surface area contributed by atoms with Gasteiger partial charge in [0.2, 0.25) is 0 Å². The van der Waals surface area contributed by atoms with Crippen LogP contribution in [-0.4, -0.2) is 40.4 Å². The normalized spacial score (nSPS) is 24.4. The van der Waals surface area contributed by atoms with Crippen molar-refractivity contribution in [2.24, 2.45) is 4.99 Å². The fraction of sp³-hybridized carbons (Fsp3) is 0.455. The van der Waals surface area contributed by atoms with Crippen molar-refractivity contribution in [3.05, 3.63) is 58.9 Å². The molecule has 2 atom stereocenters. The SMILES string of the molecule is Cc1c(C2C(c3ccccn3)N=C3SCCN32)ccc(N2CCCC2)c1C. The van der Waals surface area contributed by atoms with Crippen molar-refractivity contribution in [2.45, 2.75) is 38.8 Å². The highest BCUT2D eigenvalue weighted by molar-refractivity contribution is 8.14. The molecule has 4 nitrogen and oxygen atoms in total. The molecule has 4 heterocycles. The monoisotopic (exact) mass is 378 g/mol. The van der Waals surface area contributed by atoms with Gasteiger partial charge < -0.3 is 9.80 Å². The fourth-order valence-electron chi connectivity index (χ4n) is 4.71. The molecule has 5 heteroatoms. The Morgan fingerprint density at radius 3 is 2.63 bits per heavy atom. The third-order valence-corrected chi connectivity index (χ3v) is 7.23. The Balaban J connectivity index is 1.56. The molecule has 3 aliphatic rings. The Morgan fingerprint density at radius 1 is 1.00 bits per heavy atom. The molecular formula is C22H26N4S. The second-order valence-electron chi connectivity index (χ2n) is 7.72. The van der Waals surface area contributed by atoms with Crippen LogP contribution in [0.25, 0.3) is 0 Å². The van der Waals surface area contributed by atoms with E-state index < -0.39 is 0 Å². The van der Waals surface area contributed by atoms with E-state index in [0.29, 0.717) is 0 Å². The van der Waals surface area contributed by atoms with Gasteiger partial charge in [0, 0.05) is 37.3 Å². The molecule has 0 bridgehead atoms. The summed E-state index contributed by atoms with van der Waals surface area (Å²) >= 11 is 1.88. The van der Waals surface area contributed by atoms with Crippen molar-refractivity contribution in [1.82, 2.24) is 9.88 Å². The van der Waals surface area contributed by atoms with E-state index in [4.69, 9.17) is 4.99 Å². The van der Waals surface area contributed by atoms with Crippen LogP contribution in [0.5, 0.6) is 0 Å². The molecule has 2 aromatic rings. The smallest absolute Gasteiger partial charge is 0.160 e. The number of hydrogen-bond acceptors (Lipinski definition) is 5. The molecule has 1 aromatic carbocycles. The van der Waals surface area contributed by atoms with Gasteiger partial charge in [0.05, 0.1) is 11.7 Å². The largest absolute Gasteiger partial charge is 0.371 e. The van der Waals surface area contributed by atoms with E-state index in [0.717, 1.165) is 18.0 Å². The summed E-state index contributed by atoms with van der Waals surface area (Å²) in [6.45, 7) is 8.04. The number of rotatable bonds is 3. The minimum Gasteiger partial charge on any atom is -0.371 e. The van der Waals surface area contributed by atoms with Crippen molar-refractivity contribution in [2.75, 3.05) is 30.3 Å². The second kappa shape index (κ2) is 6.86. The minimum atomic E-state index is 0.0877. The van der Waals surface area contributed by atoms with Crippen LogP contribution in [0.1, 0.15) is 47.3 Å². The Bertz CT molecular complexity index is 873. The lowest BCUT2D eigenvalue weighted by Crippen LogP contribution is -2.28. The first-order valence-electron chi connectivity index (χ1n) is 9.97. The van der Waals surface area contributed by atoms with Crippen LogP contribution < -0.4 is 4.90 Å². The minimum absolute atomic E-state index is 0.0877.